The Balaban J connectivity index is 2.19. The first-order chi connectivity index (χ1) is 9.40. The number of hydrogen-bond donors (Lipinski definition) is 1. The van der Waals surface area contributed by atoms with Gasteiger partial charge in [-0.1, -0.05) is 23.7 Å². The van der Waals surface area contributed by atoms with E-state index in [1.807, 2.05) is 0 Å². The summed E-state index contributed by atoms with van der Waals surface area (Å²) in [7, 11) is 0. The van der Waals surface area contributed by atoms with E-state index < -0.39 is 16.9 Å². The van der Waals surface area contributed by atoms with Crippen molar-refractivity contribution >= 4 is 34.8 Å². The lowest BCUT2D eigenvalue weighted by Gasteiger charge is -2.10. The number of anilines is 2. The molecule has 20 heavy (non-hydrogen) atoms. The van der Waals surface area contributed by atoms with E-state index in [4.69, 9.17) is 23.2 Å². The van der Waals surface area contributed by atoms with Crippen LogP contribution >= 0.6 is 23.2 Å². The van der Waals surface area contributed by atoms with Gasteiger partial charge in [0, 0.05) is 17.8 Å². The van der Waals surface area contributed by atoms with E-state index in [1.165, 1.54) is 0 Å². The minimum absolute atomic E-state index is 0.0124. The van der Waals surface area contributed by atoms with Crippen LogP contribution in [0.4, 0.5) is 24.8 Å². The van der Waals surface area contributed by atoms with Crippen LogP contribution in [0.3, 0.4) is 0 Å². The van der Waals surface area contributed by atoms with Gasteiger partial charge in [0.2, 0.25) is 5.95 Å². The predicted octanol–water partition coefficient (Wildman–Crippen LogP) is 4.63. The molecule has 2 aromatic rings. The van der Waals surface area contributed by atoms with Gasteiger partial charge in [-0.15, -0.1) is 11.6 Å². The highest BCUT2D eigenvalue weighted by atomic mass is 35.5. The first kappa shape index (κ1) is 14.9. The molecular formula is C12H8Cl2F3N3. The molecule has 0 spiro atoms. The van der Waals surface area contributed by atoms with E-state index in [0.29, 0.717) is 17.8 Å². The van der Waals surface area contributed by atoms with Crippen LogP contribution in [-0.2, 0) is 12.1 Å². The summed E-state index contributed by atoms with van der Waals surface area (Å²) in [4.78, 5) is 7.17. The average molecular weight is 322 g/mol. The third kappa shape index (κ3) is 3.52. The fraction of sp³-hybridized carbons (Fsp3) is 0.167. The lowest BCUT2D eigenvalue weighted by Crippen LogP contribution is -2.09. The molecule has 0 saturated carbocycles. The highest BCUT2D eigenvalue weighted by Crippen LogP contribution is 2.33. The van der Waals surface area contributed by atoms with Gasteiger partial charge in [0.25, 0.3) is 0 Å². The van der Waals surface area contributed by atoms with Crippen molar-refractivity contribution in [2.45, 2.75) is 12.1 Å². The lowest BCUT2D eigenvalue weighted by molar-refractivity contribution is -0.137. The second kappa shape index (κ2) is 5.85. The second-order valence-electron chi connectivity index (χ2n) is 3.85. The van der Waals surface area contributed by atoms with Crippen molar-refractivity contribution in [1.29, 1.82) is 0 Å². The number of aromatic nitrogens is 2. The number of benzene rings is 1. The van der Waals surface area contributed by atoms with Crippen molar-refractivity contribution in [1.82, 2.24) is 9.97 Å². The number of hydrogen-bond acceptors (Lipinski definition) is 3. The summed E-state index contributed by atoms with van der Waals surface area (Å²) in [5.41, 5.74) is 0.473. The molecule has 1 heterocycles. The molecule has 0 aliphatic carbocycles. The maximum atomic E-state index is 12.5. The van der Waals surface area contributed by atoms with Gasteiger partial charge in [-0.2, -0.15) is 13.2 Å². The smallest absolute Gasteiger partial charge is 0.324 e. The Labute approximate surface area is 122 Å². The molecule has 1 aromatic carbocycles. The molecule has 0 unspecified atom stereocenters. The molecule has 0 amide bonds. The van der Waals surface area contributed by atoms with E-state index >= 15 is 0 Å². The largest absolute Gasteiger partial charge is 0.420 e. The molecule has 106 valence electrons. The molecule has 0 aliphatic rings. The minimum Gasteiger partial charge on any atom is -0.324 e. The maximum Gasteiger partial charge on any atom is 0.420 e. The molecule has 2 rings (SSSR count). The van der Waals surface area contributed by atoms with Crippen LogP contribution in [0.1, 0.15) is 11.1 Å². The first-order valence-electron chi connectivity index (χ1n) is 5.42. The molecule has 8 heteroatoms. The van der Waals surface area contributed by atoms with E-state index in [-0.39, 0.29) is 5.95 Å². The Hall–Kier alpha value is -1.53. The van der Waals surface area contributed by atoms with Crippen LogP contribution in [0, 0.1) is 0 Å². The number of nitrogens with zero attached hydrogens (tertiary/aromatic N) is 2. The standard InChI is InChI=1S/C12H8Cl2F3N3/c13-5-7-1-3-8(4-2-7)19-11-18-6-9(10(14)20-11)12(15,16)17/h1-4,6H,5H2,(H,18,19,20). The van der Waals surface area contributed by atoms with E-state index in [2.05, 4.69) is 15.3 Å². The first-order valence-corrected chi connectivity index (χ1v) is 6.33. The number of rotatable bonds is 3. The van der Waals surface area contributed by atoms with Crippen LogP contribution < -0.4 is 5.32 Å². The molecule has 0 atom stereocenters. The monoisotopic (exact) mass is 321 g/mol. The topological polar surface area (TPSA) is 37.8 Å². The minimum atomic E-state index is -4.57. The van der Waals surface area contributed by atoms with Gasteiger partial charge in [-0.25, -0.2) is 9.97 Å². The third-order valence-electron chi connectivity index (χ3n) is 2.41. The quantitative estimate of drug-likeness (QED) is 0.661. The fourth-order valence-electron chi connectivity index (χ4n) is 1.42. The van der Waals surface area contributed by atoms with Crippen molar-refractivity contribution in [2.24, 2.45) is 0 Å². The normalized spacial score (nSPS) is 11.4. The molecular weight excluding hydrogens is 314 g/mol. The van der Waals surface area contributed by atoms with Crippen LogP contribution in [0.2, 0.25) is 5.15 Å². The van der Waals surface area contributed by atoms with Gasteiger partial charge in [-0.3, -0.25) is 0 Å². The highest BCUT2D eigenvalue weighted by molar-refractivity contribution is 6.30. The predicted molar refractivity (Wildman–Crippen MR) is 71.3 cm³/mol. The van der Waals surface area contributed by atoms with Crippen LogP contribution in [0.15, 0.2) is 30.5 Å². The fourth-order valence-corrected chi connectivity index (χ4v) is 1.83. The summed E-state index contributed by atoms with van der Waals surface area (Å²) in [6.07, 6.45) is -3.93. The summed E-state index contributed by atoms with van der Waals surface area (Å²) in [6.45, 7) is 0. The number of halogens is 5. The maximum absolute atomic E-state index is 12.5. The van der Waals surface area contributed by atoms with Gasteiger partial charge in [0.15, 0.2) is 0 Å². The molecule has 0 saturated heterocycles. The molecule has 3 nitrogen and oxygen atoms in total. The molecule has 1 aromatic heterocycles. The van der Waals surface area contributed by atoms with Gasteiger partial charge in [0.05, 0.1) is 0 Å². The molecule has 0 bridgehead atoms. The third-order valence-corrected chi connectivity index (χ3v) is 3.01. The summed E-state index contributed by atoms with van der Waals surface area (Å²) in [6, 6.07) is 6.99. The Morgan fingerprint density at radius 2 is 1.80 bits per heavy atom. The zero-order valence-corrected chi connectivity index (χ0v) is 11.4. The summed E-state index contributed by atoms with van der Waals surface area (Å²) >= 11 is 11.2. The zero-order chi connectivity index (χ0) is 14.8. The number of alkyl halides is 4. The zero-order valence-electron chi connectivity index (χ0n) is 9.88. The van der Waals surface area contributed by atoms with Crippen LogP contribution in [0.5, 0.6) is 0 Å². The molecule has 1 N–H and O–H groups in total. The van der Waals surface area contributed by atoms with Crippen molar-refractivity contribution in [2.75, 3.05) is 5.32 Å². The Morgan fingerprint density at radius 3 is 2.30 bits per heavy atom. The van der Waals surface area contributed by atoms with E-state index in [9.17, 15) is 13.2 Å². The highest BCUT2D eigenvalue weighted by Gasteiger charge is 2.34. The Kier molecular flexibility index (Phi) is 4.35. The average Bonchev–Trinajstić information content (AvgIpc) is 2.38. The summed E-state index contributed by atoms with van der Waals surface area (Å²) in [5.74, 6) is 0.365. The van der Waals surface area contributed by atoms with Crippen LogP contribution in [0.25, 0.3) is 0 Å². The van der Waals surface area contributed by atoms with Crippen molar-refractivity contribution in [3.8, 4) is 0 Å². The van der Waals surface area contributed by atoms with E-state index in [1.54, 1.807) is 24.3 Å². The van der Waals surface area contributed by atoms with Gasteiger partial charge in [0.1, 0.15) is 10.7 Å². The van der Waals surface area contributed by atoms with Gasteiger partial charge >= 0.3 is 6.18 Å². The lowest BCUT2D eigenvalue weighted by atomic mass is 10.2. The summed E-state index contributed by atoms with van der Waals surface area (Å²) in [5, 5.41) is 2.11. The second-order valence-corrected chi connectivity index (χ2v) is 4.48. The molecule has 0 aliphatic heterocycles. The Morgan fingerprint density at radius 1 is 1.15 bits per heavy atom. The Bertz CT molecular complexity index is 600. The SMILES string of the molecule is FC(F)(F)c1cnc(Nc2ccc(CCl)cc2)nc1Cl. The van der Waals surface area contributed by atoms with Gasteiger partial charge < -0.3 is 5.32 Å². The van der Waals surface area contributed by atoms with Crippen molar-refractivity contribution in [3.63, 3.8) is 0 Å². The molecule has 0 fully saturated rings. The van der Waals surface area contributed by atoms with Gasteiger partial charge in [-0.05, 0) is 17.7 Å². The van der Waals surface area contributed by atoms with Crippen molar-refractivity contribution in [3.05, 3.63) is 46.7 Å². The van der Waals surface area contributed by atoms with Crippen molar-refractivity contribution < 1.29 is 13.2 Å². The summed E-state index contributed by atoms with van der Waals surface area (Å²) < 4.78 is 37.5. The number of nitrogens with one attached hydrogen (secondary N) is 1. The molecule has 0 radical (unpaired) electrons. The van der Waals surface area contributed by atoms with Crippen LogP contribution in [-0.4, -0.2) is 9.97 Å². The van der Waals surface area contributed by atoms with E-state index in [0.717, 1.165) is 5.56 Å².